The van der Waals surface area contributed by atoms with Crippen molar-refractivity contribution in [2.24, 2.45) is 0 Å². The number of nitro groups is 1. The Hall–Kier alpha value is -1.62. The van der Waals surface area contributed by atoms with Crippen LogP contribution in [0.4, 0.5) is 5.88 Å². The van der Waals surface area contributed by atoms with Gasteiger partial charge in [-0.15, -0.1) is 0 Å². The molecular weight excluding hydrogens is 196 g/mol. The highest BCUT2D eigenvalue weighted by Crippen LogP contribution is 2.16. The van der Waals surface area contributed by atoms with E-state index in [9.17, 15) is 10.1 Å². The van der Waals surface area contributed by atoms with E-state index in [1.165, 1.54) is 6.07 Å². The summed E-state index contributed by atoms with van der Waals surface area (Å²) in [6, 6.07) is 2.92. The second-order valence-corrected chi connectivity index (χ2v) is 3.04. The molecule has 0 saturated heterocycles. The van der Waals surface area contributed by atoms with Crippen molar-refractivity contribution in [3.63, 3.8) is 0 Å². The number of rotatable bonds is 6. The van der Waals surface area contributed by atoms with Gasteiger partial charge in [0.2, 0.25) is 0 Å². The third kappa shape index (κ3) is 3.95. The number of furan rings is 1. The lowest BCUT2D eigenvalue weighted by molar-refractivity contribution is -0.402. The maximum absolute atomic E-state index is 10.3. The van der Waals surface area contributed by atoms with Crippen molar-refractivity contribution in [3.8, 4) is 0 Å². The van der Waals surface area contributed by atoms with Crippen LogP contribution in [-0.4, -0.2) is 18.0 Å². The van der Waals surface area contributed by atoms with Gasteiger partial charge in [0.15, 0.2) is 0 Å². The average molecular weight is 210 g/mol. The fourth-order valence-corrected chi connectivity index (χ4v) is 1.07. The molecule has 0 saturated carbocycles. The van der Waals surface area contributed by atoms with Crippen molar-refractivity contribution < 1.29 is 9.34 Å². The van der Waals surface area contributed by atoms with Crippen molar-refractivity contribution >= 4 is 12.0 Å². The van der Waals surface area contributed by atoms with Crippen molar-refractivity contribution in [2.45, 2.75) is 13.3 Å². The Balaban J connectivity index is 2.39. The zero-order valence-electron chi connectivity index (χ0n) is 8.60. The van der Waals surface area contributed by atoms with Crippen LogP contribution in [0.1, 0.15) is 19.1 Å². The quantitative estimate of drug-likeness (QED) is 0.444. The molecule has 1 rings (SSSR count). The van der Waals surface area contributed by atoms with E-state index < -0.39 is 4.92 Å². The molecule has 82 valence electrons. The largest absolute Gasteiger partial charge is 0.433 e. The molecule has 0 aromatic carbocycles. The summed E-state index contributed by atoms with van der Waals surface area (Å²) in [4.78, 5) is 9.76. The normalized spacial score (nSPS) is 11.0. The third-order valence-electron chi connectivity index (χ3n) is 1.76. The first-order valence-electron chi connectivity index (χ1n) is 4.85. The lowest BCUT2D eigenvalue weighted by Gasteiger charge is -1.94. The van der Waals surface area contributed by atoms with Gasteiger partial charge in [-0.3, -0.25) is 10.1 Å². The molecule has 0 aliphatic carbocycles. The summed E-state index contributed by atoms with van der Waals surface area (Å²) in [7, 11) is 0. The molecular formula is C10H14N2O3. The summed E-state index contributed by atoms with van der Waals surface area (Å²) >= 11 is 0. The molecule has 0 fully saturated rings. The Labute approximate surface area is 87.9 Å². The maximum atomic E-state index is 10.3. The van der Waals surface area contributed by atoms with Crippen molar-refractivity contribution in [1.29, 1.82) is 0 Å². The van der Waals surface area contributed by atoms with Gasteiger partial charge < -0.3 is 9.73 Å². The van der Waals surface area contributed by atoms with Gasteiger partial charge >= 0.3 is 5.88 Å². The van der Waals surface area contributed by atoms with Crippen LogP contribution in [0.3, 0.4) is 0 Å². The highest BCUT2D eigenvalue weighted by atomic mass is 16.6. The first kappa shape index (κ1) is 11.5. The number of nitrogens with one attached hydrogen (secondary N) is 1. The van der Waals surface area contributed by atoms with Gasteiger partial charge in [-0.2, -0.15) is 0 Å². The van der Waals surface area contributed by atoms with E-state index in [1.807, 2.05) is 6.08 Å². The van der Waals surface area contributed by atoms with E-state index >= 15 is 0 Å². The van der Waals surface area contributed by atoms with E-state index in [0.717, 1.165) is 19.5 Å². The standard InChI is InChI=1S/C10H14N2O3/c1-2-7-11-8-3-4-9-5-6-10(15-9)12(13)14/h3-6,11H,2,7-8H2,1H3. The predicted octanol–water partition coefficient (Wildman–Crippen LogP) is 2.20. The summed E-state index contributed by atoms with van der Waals surface area (Å²) in [5.74, 6) is 0.274. The molecule has 0 bridgehead atoms. The smallest absolute Gasteiger partial charge is 0.401 e. The highest BCUT2D eigenvalue weighted by molar-refractivity contribution is 5.44. The Bertz CT molecular complexity index is 344. The minimum atomic E-state index is -0.549. The molecule has 1 heterocycles. The van der Waals surface area contributed by atoms with E-state index in [0.29, 0.717) is 5.76 Å². The molecule has 0 atom stereocenters. The van der Waals surface area contributed by atoms with E-state index in [-0.39, 0.29) is 5.88 Å². The monoisotopic (exact) mass is 210 g/mol. The molecule has 0 radical (unpaired) electrons. The van der Waals surface area contributed by atoms with Crippen molar-refractivity contribution in [1.82, 2.24) is 5.32 Å². The first-order valence-corrected chi connectivity index (χ1v) is 4.85. The van der Waals surface area contributed by atoms with E-state index in [1.54, 1.807) is 12.1 Å². The van der Waals surface area contributed by atoms with Gasteiger partial charge in [0.1, 0.15) is 10.7 Å². The van der Waals surface area contributed by atoms with Crippen LogP contribution >= 0.6 is 0 Å². The molecule has 0 amide bonds. The fraction of sp³-hybridized carbons (Fsp3) is 0.400. The predicted molar refractivity (Wildman–Crippen MR) is 57.6 cm³/mol. The molecule has 1 aromatic rings. The SMILES string of the molecule is CCCNCC=Cc1ccc([N+](=O)[O-])o1. The molecule has 0 aliphatic heterocycles. The van der Waals surface area contributed by atoms with Crippen LogP contribution in [-0.2, 0) is 0 Å². The summed E-state index contributed by atoms with van der Waals surface area (Å²) in [6.45, 7) is 3.79. The van der Waals surface area contributed by atoms with Crippen LogP contribution in [0.5, 0.6) is 0 Å². The van der Waals surface area contributed by atoms with Gasteiger partial charge in [-0.05, 0) is 25.1 Å². The van der Waals surface area contributed by atoms with Gasteiger partial charge in [-0.25, -0.2) is 0 Å². The zero-order chi connectivity index (χ0) is 11.1. The summed E-state index contributed by atoms with van der Waals surface area (Å²) in [6.07, 6.45) is 4.67. The second-order valence-electron chi connectivity index (χ2n) is 3.04. The topological polar surface area (TPSA) is 68.3 Å². The lowest BCUT2D eigenvalue weighted by Crippen LogP contribution is -2.13. The van der Waals surface area contributed by atoms with Gasteiger partial charge in [0, 0.05) is 6.54 Å². The van der Waals surface area contributed by atoms with Crippen LogP contribution in [0.2, 0.25) is 0 Å². The van der Waals surface area contributed by atoms with Crippen LogP contribution < -0.4 is 5.32 Å². The number of nitrogens with zero attached hydrogens (tertiary/aromatic N) is 1. The van der Waals surface area contributed by atoms with Gasteiger partial charge in [-0.1, -0.05) is 13.0 Å². The Kier molecular flexibility index (Phi) is 4.56. The zero-order valence-corrected chi connectivity index (χ0v) is 8.60. The second kappa shape index (κ2) is 5.98. The molecule has 1 aromatic heterocycles. The Morgan fingerprint density at radius 1 is 1.60 bits per heavy atom. The lowest BCUT2D eigenvalue weighted by atomic mass is 10.4. The summed E-state index contributed by atoms with van der Waals surface area (Å²) in [5.41, 5.74) is 0. The maximum Gasteiger partial charge on any atom is 0.433 e. The molecule has 0 unspecified atom stereocenters. The molecule has 1 N–H and O–H groups in total. The van der Waals surface area contributed by atoms with E-state index in [2.05, 4.69) is 12.2 Å². The number of hydrogen-bond acceptors (Lipinski definition) is 4. The van der Waals surface area contributed by atoms with Gasteiger partial charge in [0.05, 0.1) is 6.07 Å². The van der Waals surface area contributed by atoms with Crippen LogP contribution in [0.15, 0.2) is 22.6 Å². The molecule has 5 heteroatoms. The average Bonchev–Trinajstić information content (AvgIpc) is 2.66. The van der Waals surface area contributed by atoms with Crippen LogP contribution in [0.25, 0.3) is 6.08 Å². The Morgan fingerprint density at radius 2 is 2.40 bits per heavy atom. The fourth-order valence-electron chi connectivity index (χ4n) is 1.07. The summed E-state index contributed by atoms with van der Waals surface area (Å²) < 4.78 is 4.94. The van der Waals surface area contributed by atoms with Crippen LogP contribution in [0, 0.1) is 10.1 Å². The summed E-state index contributed by atoms with van der Waals surface area (Å²) in [5, 5.41) is 13.5. The Morgan fingerprint density at radius 3 is 3.00 bits per heavy atom. The molecule has 15 heavy (non-hydrogen) atoms. The van der Waals surface area contributed by atoms with Gasteiger partial charge in [0.25, 0.3) is 0 Å². The minimum Gasteiger partial charge on any atom is -0.401 e. The van der Waals surface area contributed by atoms with Crippen molar-refractivity contribution in [3.05, 3.63) is 34.1 Å². The molecule has 0 spiro atoms. The third-order valence-corrected chi connectivity index (χ3v) is 1.76. The number of hydrogen-bond donors (Lipinski definition) is 1. The molecule has 0 aliphatic rings. The van der Waals surface area contributed by atoms with Crippen molar-refractivity contribution in [2.75, 3.05) is 13.1 Å². The molecule has 5 nitrogen and oxygen atoms in total. The van der Waals surface area contributed by atoms with E-state index in [4.69, 9.17) is 4.42 Å². The highest BCUT2D eigenvalue weighted by Gasteiger charge is 2.09. The first-order chi connectivity index (χ1) is 7.24. The minimum absolute atomic E-state index is 0.226.